The quantitative estimate of drug-likeness (QED) is 0.883. The minimum Gasteiger partial charge on any atom is -0.311 e. The molecule has 0 radical (unpaired) electrons. The van der Waals surface area contributed by atoms with Crippen molar-refractivity contribution in [2.75, 3.05) is 13.1 Å². The van der Waals surface area contributed by atoms with Crippen LogP contribution in [0.1, 0.15) is 44.0 Å². The van der Waals surface area contributed by atoms with Crippen molar-refractivity contribution >= 4 is 0 Å². The molecule has 1 saturated heterocycles. The minimum absolute atomic E-state index is 0.407. The van der Waals surface area contributed by atoms with E-state index in [0.717, 1.165) is 25.3 Å². The minimum atomic E-state index is 0.407. The lowest BCUT2D eigenvalue weighted by Crippen LogP contribution is -2.62. The molecule has 2 heterocycles. The van der Waals surface area contributed by atoms with Gasteiger partial charge in [0.25, 0.3) is 0 Å². The number of rotatable bonds is 2. The summed E-state index contributed by atoms with van der Waals surface area (Å²) in [5.41, 5.74) is 2.88. The Hall–Kier alpha value is -0.870. The van der Waals surface area contributed by atoms with Crippen LogP contribution in [0.25, 0.3) is 0 Å². The van der Waals surface area contributed by atoms with Crippen molar-refractivity contribution in [1.29, 1.82) is 0 Å². The molecule has 1 unspecified atom stereocenters. The Morgan fingerprint density at radius 1 is 1.42 bits per heavy atom. The Balaban J connectivity index is 1.81. The molecule has 0 aromatic carbocycles. The van der Waals surface area contributed by atoms with E-state index < -0.39 is 0 Å². The zero-order chi connectivity index (χ0) is 13.5. The largest absolute Gasteiger partial charge is 0.311 e. The van der Waals surface area contributed by atoms with Gasteiger partial charge in [-0.1, -0.05) is 12.8 Å². The average molecular weight is 262 g/mol. The third-order valence-electron chi connectivity index (χ3n) is 4.93. The number of piperazine rings is 1. The highest BCUT2D eigenvalue weighted by atomic mass is 15.3. The summed E-state index contributed by atoms with van der Waals surface area (Å²) in [5, 5.41) is 8.17. The number of nitrogens with one attached hydrogen (secondary N) is 1. The summed E-state index contributed by atoms with van der Waals surface area (Å²) in [4.78, 5) is 2.72. The highest BCUT2D eigenvalue weighted by Crippen LogP contribution is 2.37. The third-order valence-corrected chi connectivity index (χ3v) is 4.93. The van der Waals surface area contributed by atoms with Crippen LogP contribution >= 0.6 is 0 Å². The maximum atomic E-state index is 4.49. The van der Waals surface area contributed by atoms with Gasteiger partial charge in [0.15, 0.2) is 0 Å². The third kappa shape index (κ3) is 2.43. The number of aromatic nitrogens is 2. The molecule has 106 valence electrons. The Morgan fingerprint density at radius 3 is 2.79 bits per heavy atom. The van der Waals surface area contributed by atoms with Gasteiger partial charge in [0, 0.05) is 38.3 Å². The lowest BCUT2D eigenvalue weighted by Gasteiger charge is -2.47. The van der Waals surface area contributed by atoms with Crippen LogP contribution in [0.4, 0.5) is 0 Å². The second-order valence-electron chi connectivity index (χ2n) is 6.49. The fraction of sp³-hybridized carbons (Fsp3) is 0.800. The topological polar surface area (TPSA) is 33.1 Å². The van der Waals surface area contributed by atoms with E-state index in [-0.39, 0.29) is 0 Å². The lowest BCUT2D eigenvalue weighted by atomic mass is 9.91. The molecule has 2 aliphatic rings. The van der Waals surface area contributed by atoms with Gasteiger partial charge in [-0.15, -0.1) is 0 Å². The summed E-state index contributed by atoms with van der Waals surface area (Å²) in [6, 6.07) is 2.83. The standard InChI is InChI=1S/C15H26N4/c1-12-8-14(18(3)17-12)10-19-9-13(2)16-11-15(19)6-4-5-7-15/h8,13,16H,4-7,9-11H2,1-3H3. The second-order valence-corrected chi connectivity index (χ2v) is 6.49. The summed E-state index contributed by atoms with van der Waals surface area (Å²) in [6.07, 6.45) is 5.47. The predicted octanol–water partition coefficient (Wildman–Crippen LogP) is 1.84. The smallest absolute Gasteiger partial charge is 0.0597 e. The predicted molar refractivity (Wildman–Crippen MR) is 77.0 cm³/mol. The average Bonchev–Trinajstić information content (AvgIpc) is 2.93. The molecule has 1 aromatic heterocycles. The Labute approximate surface area is 116 Å². The van der Waals surface area contributed by atoms with E-state index in [1.165, 1.54) is 31.4 Å². The summed E-state index contributed by atoms with van der Waals surface area (Å²) in [6.45, 7) is 7.73. The molecule has 0 amide bonds. The fourth-order valence-electron chi connectivity index (χ4n) is 3.83. The van der Waals surface area contributed by atoms with Crippen LogP contribution in [0, 0.1) is 6.92 Å². The van der Waals surface area contributed by atoms with Gasteiger partial charge in [-0.2, -0.15) is 5.10 Å². The molecular formula is C15H26N4. The van der Waals surface area contributed by atoms with Crippen LogP contribution in [0.5, 0.6) is 0 Å². The van der Waals surface area contributed by atoms with Crippen molar-refractivity contribution in [3.8, 4) is 0 Å². The lowest BCUT2D eigenvalue weighted by molar-refractivity contribution is 0.0372. The fourth-order valence-corrected chi connectivity index (χ4v) is 3.83. The normalized spacial score (nSPS) is 27.2. The number of aryl methyl sites for hydroxylation is 2. The number of hydrogen-bond donors (Lipinski definition) is 1. The molecule has 4 nitrogen and oxygen atoms in total. The number of hydrogen-bond acceptors (Lipinski definition) is 3. The molecular weight excluding hydrogens is 236 g/mol. The van der Waals surface area contributed by atoms with Crippen LogP contribution in [0.15, 0.2) is 6.07 Å². The van der Waals surface area contributed by atoms with Crippen molar-refractivity contribution < 1.29 is 0 Å². The molecule has 1 N–H and O–H groups in total. The first-order valence-electron chi connectivity index (χ1n) is 7.57. The molecule has 0 bridgehead atoms. The van der Waals surface area contributed by atoms with E-state index in [2.05, 4.69) is 42.3 Å². The van der Waals surface area contributed by atoms with Crippen LogP contribution in [-0.4, -0.2) is 39.4 Å². The summed E-state index contributed by atoms with van der Waals surface area (Å²) in [5.74, 6) is 0. The summed E-state index contributed by atoms with van der Waals surface area (Å²) in [7, 11) is 2.06. The van der Waals surface area contributed by atoms with Gasteiger partial charge in [-0.3, -0.25) is 9.58 Å². The SMILES string of the molecule is Cc1cc(CN2CC(C)NCC23CCCC3)n(C)n1. The van der Waals surface area contributed by atoms with Crippen molar-refractivity contribution in [1.82, 2.24) is 20.0 Å². The molecule has 1 saturated carbocycles. The van der Waals surface area contributed by atoms with Crippen LogP contribution in [0.2, 0.25) is 0 Å². The van der Waals surface area contributed by atoms with Crippen molar-refractivity contribution in [2.24, 2.45) is 7.05 Å². The zero-order valence-corrected chi connectivity index (χ0v) is 12.4. The Kier molecular flexibility index (Phi) is 3.39. The molecule has 3 rings (SSSR count). The van der Waals surface area contributed by atoms with Gasteiger partial charge in [-0.05, 0) is 32.8 Å². The van der Waals surface area contributed by atoms with Gasteiger partial charge < -0.3 is 5.32 Å². The molecule has 19 heavy (non-hydrogen) atoms. The molecule has 1 spiro atoms. The Bertz CT molecular complexity index is 445. The Morgan fingerprint density at radius 2 is 2.16 bits per heavy atom. The zero-order valence-electron chi connectivity index (χ0n) is 12.4. The van der Waals surface area contributed by atoms with Crippen molar-refractivity contribution in [3.05, 3.63) is 17.5 Å². The monoisotopic (exact) mass is 262 g/mol. The summed E-state index contributed by atoms with van der Waals surface area (Å²) >= 11 is 0. The van der Waals surface area contributed by atoms with Gasteiger partial charge in [0.1, 0.15) is 0 Å². The van der Waals surface area contributed by atoms with Crippen molar-refractivity contribution in [2.45, 2.75) is 57.7 Å². The van der Waals surface area contributed by atoms with E-state index in [1.54, 1.807) is 0 Å². The second kappa shape index (κ2) is 4.91. The van der Waals surface area contributed by atoms with Crippen molar-refractivity contribution in [3.63, 3.8) is 0 Å². The van der Waals surface area contributed by atoms with Crippen LogP contribution in [0.3, 0.4) is 0 Å². The maximum Gasteiger partial charge on any atom is 0.0597 e. The molecule has 4 heteroatoms. The molecule has 1 aromatic rings. The van der Waals surface area contributed by atoms with E-state index in [1.807, 2.05) is 4.68 Å². The van der Waals surface area contributed by atoms with Gasteiger partial charge in [0.05, 0.1) is 11.4 Å². The van der Waals surface area contributed by atoms with E-state index >= 15 is 0 Å². The summed E-state index contributed by atoms with van der Waals surface area (Å²) < 4.78 is 2.05. The first kappa shape index (κ1) is 13.1. The van der Waals surface area contributed by atoms with Crippen LogP contribution in [-0.2, 0) is 13.6 Å². The van der Waals surface area contributed by atoms with Gasteiger partial charge >= 0.3 is 0 Å². The van der Waals surface area contributed by atoms with E-state index in [4.69, 9.17) is 0 Å². The van der Waals surface area contributed by atoms with Gasteiger partial charge in [-0.25, -0.2) is 0 Å². The highest BCUT2D eigenvalue weighted by molar-refractivity contribution is 5.11. The first-order valence-corrected chi connectivity index (χ1v) is 7.57. The van der Waals surface area contributed by atoms with E-state index in [0.29, 0.717) is 11.6 Å². The first-order chi connectivity index (χ1) is 9.09. The number of nitrogens with zero attached hydrogens (tertiary/aromatic N) is 3. The highest BCUT2D eigenvalue weighted by Gasteiger charge is 2.42. The molecule has 1 aliphatic carbocycles. The van der Waals surface area contributed by atoms with E-state index in [9.17, 15) is 0 Å². The molecule has 1 aliphatic heterocycles. The van der Waals surface area contributed by atoms with Crippen LogP contribution < -0.4 is 5.32 Å². The van der Waals surface area contributed by atoms with Gasteiger partial charge in [0.2, 0.25) is 0 Å². The maximum absolute atomic E-state index is 4.49. The molecule has 2 fully saturated rings. The molecule has 1 atom stereocenters.